The van der Waals surface area contributed by atoms with Crippen molar-refractivity contribution in [2.24, 2.45) is 0 Å². The Balaban J connectivity index is 2.38. The first-order valence-corrected chi connectivity index (χ1v) is 5.23. The Hall–Kier alpha value is -1.23. The molecule has 2 atom stereocenters. The molecule has 0 radical (unpaired) electrons. The topological polar surface area (TPSA) is 68.0 Å². The highest BCUT2D eigenvalue weighted by molar-refractivity contribution is 5.73. The predicted molar refractivity (Wildman–Crippen MR) is 53.8 cm³/mol. The third-order valence-corrected chi connectivity index (χ3v) is 2.92. The second-order valence-electron chi connectivity index (χ2n) is 4.18. The lowest BCUT2D eigenvalue weighted by atomic mass is 10.1. The Bertz CT molecular complexity index is 369. The van der Waals surface area contributed by atoms with E-state index in [1.54, 1.807) is 11.6 Å². The fourth-order valence-corrected chi connectivity index (χ4v) is 1.66. The van der Waals surface area contributed by atoms with Crippen LogP contribution in [0.2, 0.25) is 0 Å². The molecular formula is C10H15N3O2. The molecule has 0 amide bonds. The zero-order valence-corrected chi connectivity index (χ0v) is 8.92. The van der Waals surface area contributed by atoms with Crippen LogP contribution in [0.5, 0.6) is 0 Å². The van der Waals surface area contributed by atoms with E-state index in [-0.39, 0.29) is 6.04 Å². The van der Waals surface area contributed by atoms with E-state index in [1.807, 2.05) is 6.92 Å². The van der Waals surface area contributed by atoms with Crippen LogP contribution in [-0.4, -0.2) is 32.5 Å². The van der Waals surface area contributed by atoms with Gasteiger partial charge in [0.2, 0.25) is 0 Å². The molecule has 0 saturated heterocycles. The molecule has 0 bridgehead atoms. The highest BCUT2D eigenvalue weighted by Crippen LogP contribution is 2.41. The van der Waals surface area contributed by atoms with E-state index in [2.05, 4.69) is 10.3 Å². The number of aromatic nitrogens is 3. The van der Waals surface area contributed by atoms with Crippen molar-refractivity contribution in [1.82, 2.24) is 15.0 Å². The monoisotopic (exact) mass is 209 g/mol. The summed E-state index contributed by atoms with van der Waals surface area (Å²) in [7, 11) is 0. The van der Waals surface area contributed by atoms with Gasteiger partial charge in [0.05, 0.1) is 17.8 Å². The zero-order valence-electron chi connectivity index (χ0n) is 8.92. The zero-order chi connectivity index (χ0) is 11.0. The lowest BCUT2D eigenvalue weighted by Crippen LogP contribution is -2.21. The molecule has 1 aromatic rings. The number of carbonyl (C=O) groups excluding carboxylic acids is 1. The Labute approximate surface area is 88.1 Å². The Morgan fingerprint density at radius 2 is 2.20 bits per heavy atom. The van der Waals surface area contributed by atoms with E-state index >= 15 is 0 Å². The van der Waals surface area contributed by atoms with Gasteiger partial charge in [-0.15, -0.1) is 5.10 Å². The predicted octanol–water partition coefficient (Wildman–Crippen LogP) is 0.910. The summed E-state index contributed by atoms with van der Waals surface area (Å²) < 4.78 is 1.69. The van der Waals surface area contributed by atoms with Gasteiger partial charge in [0, 0.05) is 5.92 Å². The van der Waals surface area contributed by atoms with Crippen molar-refractivity contribution in [3.05, 3.63) is 11.4 Å². The van der Waals surface area contributed by atoms with Crippen molar-refractivity contribution in [2.75, 3.05) is 0 Å². The molecule has 1 aliphatic carbocycles. The average molecular weight is 209 g/mol. The van der Waals surface area contributed by atoms with E-state index in [1.165, 1.54) is 0 Å². The smallest absolute Gasteiger partial charge is 0.172 e. The molecule has 1 saturated carbocycles. The summed E-state index contributed by atoms with van der Waals surface area (Å²) in [6, 6.07) is -0.137. The summed E-state index contributed by atoms with van der Waals surface area (Å²) in [4.78, 5) is 10.8. The normalized spacial score (nSPS) is 19.9. The number of hydrogen-bond acceptors (Lipinski definition) is 4. The number of nitrogens with zero attached hydrogens (tertiary/aromatic N) is 3. The van der Waals surface area contributed by atoms with E-state index < -0.39 is 6.10 Å². The minimum atomic E-state index is -0.497. The lowest BCUT2D eigenvalue weighted by molar-refractivity contribution is 0.111. The first-order chi connectivity index (χ1) is 7.15. The van der Waals surface area contributed by atoms with Crippen LogP contribution in [0.4, 0.5) is 0 Å². The van der Waals surface area contributed by atoms with Gasteiger partial charge in [0.15, 0.2) is 6.29 Å². The molecule has 5 heteroatoms. The first-order valence-electron chi connectivity index (χ1n) is 5.23. The molecule has 1 aliphatic rings. The number of aldehydes is 1. The lowest BCUT2D eigenvalue weighted by Gasteiger charge is -2.17. The largest absolute Gasteiger partial charge is 0.391 e. The van der Waals surface area contributed by atoms with Gasteiger partial charge in [-0.3, -0.25) is 4.79 Å². The van der Waals surface area contributed by atoms with Crippen molar-refractivity contribution >= 4 is 6.29 Å². The molecule has 0 aromatic carbocycles. The van der Waals surface area contributed by atoms with Crippen molar-refractivity contribution < 1.29 is 9.90 Å². The SMILES string of the molecule is CC(O)C(C)n1nnc(C=O)c1C1CC1. The minimum absolute atomic E-state index is 0.137. The molecule has 1 N–H and O–H groups in total. The van der Waals surface area contributed by atoms with Crippen LogP contribution in [0.15, 0.2) is 0 Å². The summed E-state index contributed by atoms with van der Waals surface area (Å²) in [5, 5.41) is 17.3. The summed E-state index contributed by atoms with van der Waals surface area (Å²) in [6.07, 6.45) is 2.41. The molecule has 0 spiro atoms. The third-order valence-electron chi connectivity index (χ3n) is 2.92. The van der Waals surface area contributed by atoms with Crippen molar-refractivity contribution in [3.63, 3.8) is 0 Å². The maximum atomic E-state index is 10.8. The maximum Gasteiger partial charge on any atom is 0.172 e. The molecule has 0 aliphatic heterocycles. The Morgan fingerprint density at radius 1 is 1.53 bits per heavy atom. The van der Waals surface area contributed by atoms with E-state index in [9.17, 15) is 9.90 Å². The second kappa shape index (κ2) is 3.73. The molecule has 2 unspecified atom stereocenters. The van der Waals surface area contributed by atoms with Crippen LogP contribution in [0, 0.1) is 0 Å². The quantitative estimate of drug-likeness (QED) is 0.748. The summed E-state index contributed by atoms with van der Waals surface area (Å²) in [6.45, 7) is 3.59. The van der Waals surface area contributed by atoms with Crippen LogP contribution >= 0.6 is 0 Å². The van der Waals surface area contributed by atoms with Crippen LogP contribution in [0.3, 0.4) is 0 Å². The van der Waals surface area contributed by atoms with E-state index in [0.29, 0.717) is 11.6 Å². The summed E-state index contributed by atoms with van der Waals surface area (Å²) >= 11 is 0. The van der Waals surface area contributed by atoms with Crippen LogP contribution in [-0.2, 0) is 0 Å². The molecule has 82 valence electrons. The van der Waals surface area contributed by atoms with Crippen molar-refractivity contribution in [2.45, 2.75) is 44.8 Å². The van der Waals surface area contributed by atoms with Crippen molar-refractivity contribution in [1.29, 1.82) is 0 Å². The van der Waals surface area contributed by atoms with Crippen LogP contribution < -0.4 is 0 Å². The molecule has 5 nitrogen and oxygen atoms in total. The summed E-state index contributed by atoms with van der Waals surface area (Å²) in [5.41, 5.74) is 1.31. The first kappa shape index (κ1) is 10.3. The van der Waals surface area contributed by atoms with Gasteiger partial charge in [-0.25, -0.2) is 4.68 Å². The standard InChI is InChI=1S/C10H15N3O2/c1-6(7(2)15)13-10(8-3-4-8)9(5-14)11-12-13/h5-8,15H,3-4H2,1-2H3. The van der Waals surface area contributed by atoms with Gasteiger partial charge >= 0.3 is 0 Å². The number of hydrogen-bond donors (Lipinski definition) is 1. The fraction of sp³-hybridized carbons (Fsp3) is 0.700. The van der Waals surface area contributed by atoms with Gasteiger partial charge < -0.3 is 5.11 Å². The molecule has 2 rings (SSSR count). The highest BCUT2D eigenvalue weighted by Gasteiger charge is 2.33. The average Bonchev–Trinajstić information content (AvgIpc) is 2.96. The highest BCUT2D eigenvalue weighted by atomic mass is 16.3. The maximum absolute atomic E-state index is 10.8. The number of aliphatic hydroxyl groups excluding tert-OH is 1. The van der Waals surface area contributed by atoms with Gasteiger partial charge in [-0.05, 0) is 26.7 Å². The van der Waals surface area contributed by atoms with Gasteiger partial charge in [-0.1, -0.05) is 5.21 Å². The minimum Gasteiger partial charge on any atom is -0.391 e. The molecular weight excluding hydrogens is 194 g/mol. The van der Waals surface area contributed by atoms with Gasteiger partial charge in [-0.2, -0.15) is 0 Å². The Kier molecular flexibility index (Phi) is 2.56. The molecule has 1 heterocycles. The third kappa shape index (κ3) is 1.79. The summed E-state index contributed by atoms with van der Waals surface area (Å²) in [5.74, 6) is 0.404. The fourth-order valence-electron chi connectivity index (χ4n) is 1.66. The number of aliphatic hydroxyl groups is 1. The van der Waals surface area contributed by atoms with E-state index in [0.717, 1.165) is 24.8 Å². The molecule has 15 heavy (non-hydrogen) atoms. The van der Waals surface area contributed by atoms with Gasteiger partial charge in [0.1, 0.15) is 5.69 Å². The van der Waals surface area contributed by atoms with Crippen LogP contribution in [0.25, 0.3) is 0 Å². The van der Waals surface area contributed by atoms with Gasteiger partial charge in [0.25, 0.3) is 0 Å². The van der Waals surface area contributed by atoms with E-state index in [4.69, 9.17) is 0 Å². The Morgan fingerprint density at radius 3 is 2.67 bits per heavy atom. The number of carbonyl (C=O) groups is 1. The number of rotatable bonds is 4. The molecule has 1 aromatic heterocycles. The van der Waals surface area contributed by atoms with Crippen molar-refractivity contribution in [3.8, 4) is 0 Å². The molecule has 1 fully saturated rings. The second-order valence-corrected chi connectivity index (χ2v) is 4.18. The van der Waals surface area contributed by atoms with Crippen LogP contribution in [0.1, 0.15) is 54.8 Å².